The second-order valence-corrected chi connectivity index (χ2v) is 5.38. The summed E-state index contributed by atoms with van der Waals surface area (Å²) in [6.45, 7) is 1.76. The topological polar surface area (TPSA) is 54.3 Å². The molecule has 3 rings (SSSR count). The van der Waals surface area contributed by atoms with Crippen LogP contribution in [0.3, 0.4) is 0 Å². The van der Waals surface area contributed by atoms with Gasteiger partial charge < -0.3 is 19.2 Å². The Morgan fingerprint density at radius 2 is 1.86 bits per heavy atom. The maximum atomic E-state index is 11.5. The number of carboxylic acids is 1. The van der Waals surface area contributed by atoms with Crippen LogP contribution in [0.2, 0.25) is 5.02 Å². The van der Waals surface area contributed by atoms with Crippen LogP contribution in [0.1, 0.15) is 16.1 Å². The fourth-order valence-electron chi connectivity index (χ4n) is 2.71. The first-order valence-corrected chi connectivity index (χ1v) is 7.07. The molecule has 0 aliphatic heterocycles. The molecule has 0 aliphatic rings. The molecule has 4 nitrogen and oxygen atoms in total. The lowest BCUT2D eigenvalue weighted by molar-refractivity contribution is -0.254. The van der Waals surface area contributed by atoms with Gasteiger partial charge in [0.05, 0.1) is 18.6 Å². The average molecular weight is 315 g/mol. The van der Waals surface area contributed by atoms with Crippen molar-refractivity contribution in [2.45, 2.75) is 6.92 Å². The Labute approximate surface area is 132 Å². The number of methoxy groups -OCH3 is 1. The highest BCUT2D eigenvalue weighted by Gasteiger charge is 2.16. The quantitative estimate of drug-likeness (QED) is 0.747. The lowest BCUT2D eigenvalue weighted by Crippen LogP contribution is -2.23. The number of carboxylic acid groups (broad SMARTS) is 1. The summed E-state index contributed by atoms with van der Waals surface area (Å²) in [5.41, 5.74) is 2.39. The number of hydrogen-bond acceptors (Lipinski definition) is 3. The molecule has 0 aliphatic carbocycles. The molecule has 0 atom stereocenters. The first-order valence-electron chi connectivity index (χ1n) is 6.69. The summed E-state index contributed by atoms with van der Waals surface area (Å²) in [5.74, 6) is -0.605. The van der Waals surface area contributed by atoms with E-state index in [1.54, 1.807) is 38.3 Å². The van der Waals surface area contributed by atoms with E-state index in [1.165, 1.54) is 0 Å². The maximum Gasteiger partial charge on any atom is 0.119 e. The molecule has 5 heteroatoms. The van der Waals surface area contributed by atoms with Gasteiger partial charge in [0.25, 0.3) is 0 Å². The number of aromatic carboxylic acids is 1. The van der Waals surface area contributed by atoms with Crippen LogP contribution in [0.5, 0.6) is 5.75 Å². The Morgan fingerprint density at radius 3 is 2.45 bits per heavy atom. The number of hydrogen-bond donors (Lipinski definition) is 0. The zero-order valence-electron chi connectivity index (χ0n) is 12.1. The van der Waals surface area contributed by atoms with Gasteiger partial charge in [-0.3, -0.25) is 0 Å². The molecule has 3 aromatic rings. The Kier molecular flexibility index (Phi) is 3.54. The Balaban J connectivity index is 2.37. The molecule has 0 fully saturated rings. The molecule has 112 valence electrons. The zero-order chi connectivity index (χ0) is 15.9. The van der Waals surface area contributed by atoms with Crippen molar-refractivity contribution in [3.8, 4) is 11.4 Å². The summed E-state index contributed by atoms with van der Waals surface area (Å²) in [5, 5.41) is 12.8. The first kappa shape index (κ1) is 14.5. The largest absolute Gasteiger partial charge is 0.545 e. The summed E-state index contributed by atoms with van der Waals surface area (Å²) < 4.78 is 7.06. The predicted molar refractivity (Wildman–Crippen MR) is 83.9 cm³/mol. The van der Waals surface area contributed by atoms with Gasteiger partial charge in [0, 0.05) is 27.4 Å². The fraction of sp³-hybridized carbons (Fsp3) is 0.118. The minimum absolute atomic E-state index is 0.170. The highest BCUT2D eigenvalue weighted by atomic mass is 35.5. The van der Waals surface area contributed by atoms with Crippen molar-refractivity contribution in [1.82, 2.24) is 4.57 Å². The molecule has 1 aromatic heterocycles. The van der Waals surface area contributed by atoms with E-state index in [-0.39, 0.29) is 5.56 Å². The maximum absolute atomic E-state index is 11.5. The molecule has 0 spiro atoms. The molecule has 0 saturated heterocycles. The summed E-state index contributed by atoms with van der Waals surface area (Å²) in [7, 11) is 1.54. The molecule has 0 amide bonds. The Hall–Kier alpha value is -2.46. The number of halogens is 1. The minimum atomic E-state index is -1.21. The molecule has 0 unspecified atom stereocenters. The monoisotopic (exact) mass is 314 g/mol. The van der Waals surface area contributed by atoms with Gasteiger partial charge in [0.15, 0.2) is 0 Å². The lowest BCUT2D eigenvalue weighted by Gasteiger charge is -2.09. The van der Waals surface area contributed by atoms with Crippen LogP contribution in [-0.4, -0.2) is 17.6 Å². The molecule has 0 saturated carbocycles. The second-order valence-electron chi connectivity index (χ2n) is 4.94. The van der Waals surface area contributed by atoms with E-state index in [0.29, 0.717) is 21.9 Å². The first-order chi connectivity index (χ1) is 10.5. The normalized spacial score (nSPS) is 10.9. The zero-order valence-corrected chi connectivity index (χ0v) is 12.8. The van der Waals surface area contributed by atoms with Gasteiger partial charge in [0.1, 0.15) is 5.75 Å². The number of aromatic nitrogens is 1. The summed E-state index contributed by atoms with van der Waals surface area (Å²) in [6, 6.07) is 12.6. The minimum Gasteiger partial charge on any atom is -0.545 e. The Morgan fingerprint density at radius 1 is 1.18 bits per heavy atom. The van der Waals surface area contributed by atoms with Crippen LogP contribution < -0.4 is 9.84 Å². The molecule has 0 N–H and O–H groups in total. The number of rotatable bonds is 3. The van der Waals surface area contributed by atoms with Crippen LogP contribution in [-0.2, 0) is 0 Å². The lowest BCUT2D eigenvalue weighted by atomic mass is 10.1. The van der Waals surface area contributed by atoms with Crippen molar-refractivity contribution in [3.63, 3.8) is 0 Å². The standard InChI is InChI=1S/C17H14ClNO3/c1-10-16(17(20)21)14-9-13(22-2)7-8-15(14)19(10)12-5-3-11(18)4-6-12/h3-9H,1-2H3,(H,20,21)/p-1. The average Bonchev–Trinajstić information content (AvgIpc) is 2.79. The molecule has 0 bridgehead atoms. The van der Waals surface area contributed by atoms with Gasteiger partial charge in [-0.05, 0) is 49.4 Å². The van der Waals surface area contributed by atoms with Gasteiger partial charge in [-0.2, -0.15) is 0 Å². The van der Waals surface area contributed by atoms with Crippen LogP contribution >= 0.6 is 11.6 Å². The molecule has 0 radical (unpaired) electrons. The number of nitrogens with zero attached hydrogens (tertiary/aromatic N) is 1. The highest BCUT2D eigenvalue weighted by molar-refractivity contribution is 6.30. The fourth-order valence-corrected chi connectivity index (χ4v) is 2.83. The molecule has 2 aromatic carbocycles. The summed E-state index contributed by atoms with van der Waals surface area (Å²) in [4.78, 5) is 11.5. The van der Waals surface area contributed by atoms with E-state index >= 15 is 0 Å². The van der Waals surface area contributed by atoms with E-state index < -0.39 is 5.97 Å². The van der Waals surface area contributed by atoms with Gasteiger partial charge in [-0.15, -0.1) is 0 Å². The van der Waals surface area contributed by atoms with Gasteiger partial charge >= 0.3 is 0 Å². The molecule has 1 heterocycles. The predicted octanol–water partition coefficient (Wildman–Crippen LogP) is 2.96. The van der Waals surface area contributed by atoms with Gasteiger partial charge in [-0.1, -0.05) is 11.6 Å². The van der Waals surface area contributed by atoms with Gasteiger partial charge in [0.2, 0.25) is 0 Å². The SMILES string of the molecule is COc1ccc2c(c1)c(C(=O)[O-])c(C)n2-c1ccc(Cl)cc1. The number of carbonyl (C=O) groups is 1. The smallest absolute Gasteiger partial charge is 0.119 e. The number of benzene rings is 2. The highest BCUT2D eigenvalue weighted by Crippen LogP contribution is 2.31. The van der Waals surface area contributed by atoms with E-state index in [4.69, 9.17) is 16.3 Å². The summed E-state index contributed by atoms with van der Waals surface area (Å²) >= 11 is 5.92. The van der Waals surface area contributed by atoms with Crippen molar-refractivity contribution in [2.24, 2.45) is 0 Å². The van der Waals surface area contributed by atoms with Crippen LogP contribution in [0, 0.1) is 6.92 Å². The summed E-state index contributed by atoms with van der Waals surface area (Å²) in [6.07, 6.45) is 0. The van der Waals surface area contributed by atoms with Crippen molar-refractivity contribution < 1.29 is 14.6 Å². The van der Waals surface area contributed by atoms with E-state index in [9.17, 15) is 9.90 Å². The van der Waals surface area contributed by atoms with Crippen molar-refractivity contribution in [1.29, 1.82) is 0 Å². The third-order valence-electron chi connectivity index (χ3n) is 3.70. The van der Waals surface area contributed by atoms with E-state index in [0.717, 1.165) is 11.2 Å². The number of fused-ring (bicyclic) bond motifs is 1. The molecule has 22 heavy (non-hydrogen) atoms. The van der Waals surface area contributed by atoms with E-state index in [1.807, 2.05) is 22.8 Å². The van der Waals surface area contributed by atoms with Crippen molar-refractivity contribution in [2.75, 3.05) is 7.11 Å². The van der Waals surface area contributed by atoms with Gasteiger partial charge in [-0.25, -0.2) is 0 Å². The third-order valence-corrected chi connectivity index (χ3v) is 3.95. The van der Waals surface area contributed by atoms with Crippen LogP contribution in [0.4, 0.5) is 0 Å². The molecular formula is C17H13ClNO3-. The van der Waals surface area contributed by atoms with E-state index in [2.05, 4.69) is 0 Å². The second kappa shape index (κ2) is 5.39. The van der Waals surface area contributed by atoms with Crippen molar-refractivity contribution in [3.05, 3.63) is 58.7 Å². The third kappa shape index (κ3) is 2.22. The van der Waals surface area contributed by atoms with Crippen LogP contribution in [0.15, 0.2) is 42.5 Å². The van der Waals surface area contributed by atoms with Crippen molar-refractivity contribution >= 4 is 28.5 Å². The number of ether oxygens (including phenoxy) is 1. The van der Waals surface area contributed by atoms with Crippen LogP contribution in [0.25, 0.3) is 16.6 Å². The number of carbonyl (C=O) groups excluding carboxylic acids is 1. The Bertz CT molecular complexity index is 866. The molecular weight excluding hydrogens is 302 g/mol.